The lowest BCUT2D eigenvalue weighted by Crippen LogP contribution is -2.00. The molecule has 1 aromatic rings. The molecule has 0 heterocycles. The van der Waals surface area contributed by atoms with Crippen LogP contribution in [0.25, 0.3) is 0 Å². The van der Waals surface area contributed by atoms with Crippen LogP contribution in [0.4, 0.5) is 4.39 Å². The van der Waals surface area contributed by atoms with E-state index in [0.717, 1.165) is 10.0 Å². The van der Waals surface area contributed by atoms with Gasteiger partial charge in [-0.15, -0.1) is 0 Å². The number of hydrogen-bond acceptors (Lipinski definition) is 1. The minimum absolute atomic E-state index is 0.170. The van der Waals surface area contributed by atoms with Crippen LogP contribution >= 0.6 is 15.9 Å². The highest BCUT2D eigenvalue weighted by Gasteiger charge is 2.04. The zero-order valence-corrected chi connectivity index (χ0v) is 7.88. The molecule has 0 spiro atoms. The van der Waals surface area contributed by atoms with Gasteiger partial charge in [-0.2, -0.15) is 5.26 Å². The Hall–Kier alpha value is -0.880. The maximum atomic E-state index is 12.5. The minimum Gasteiger partial charge on any atom is -0.231 e. The molecule has 0 bridgehead atoms. The fourth-order valence-corrected chi connectivity index (χ4v) is 1.14. The highest BCUT2D eigenvalue weighted by Crippen LogP contribution is 2.12. The van der Waals surface area contributed by atoms with E-state index >= 15 is 0 Å². The Morgan fingerprint density at radius 3 is 2.50 bits per heavy atom. The normalized spacial score (nSPS) is 12.1. The Kier molecular flexibility index (Phi) is 3.24. The summed E-state index contributed by atoms with van der Waals surface area (Å²) in [5.41, 5.74) is 0.840. The van der Waals surface area contributed by atoms with Crippen molar-refractivity contribution in [2.24, 2.45) is 0 Å². The molecular weight excluding hydrogens is 221 g/mol. The Morgan fingerprint density at radius 2 is 2.00 bits per heavy atom. The quantitative estimate of drug-likeness (QED) is 0.763. The predicted octanol–water partition coefficient (Wildman–Crippen LogP) is 2.85. The standard InChI is InChI=1S/C9H7BrFN/c10-8-3-1-7(2-4-8)5-9(11)6-12/h1-4,9H,5H2. The molecule has 0 radical (unpaired) electrons. The summed E-state index contributed by atoms with van der Waals surface area (Å²) in [5.74, 6) is 0. The first-order chi connectivity index (χ1) is 5.72. The number of alkyl halides is 1. The highest BCUT2D eigenvalue weighted by molar-refractivity contribution is 9.10. The van der Waals surface area contributed by atoms with E-state index in [-0.39, 0.29) is 6.42 Å². The number of halogens is 2. The summed E-state index contributed by atoms with van der Waals surface area (Å²) in [6.07, 6.45) is -1.23. The van der Waals surface area contributed by atoms with Gasteiger partial charge in [-0.25, -0.2) is 4.39 Å². The molecule has 0 aliphatic heterocycles. The van der Waals surface area contributed by atoms with Crippen LogP contribution in [0.15, 0.2) is 28.7 Å². The monoisotopic (exact) mass is 227 g/mol. The van der Waals surface area contributed by atoms with Gasteiger partial charge in [0.2, 0.25) is 0 Å². The summed E-state index contributed by atoms with van der Waals surface area (Å²) >= 11 is 3.27. The molecule has 0 aromatic heterocycles. The molecule has 1 atom stereocenters. The number of nitriles is 1. The molecule has 0 fully saturated rings. The van der Waals surface area contributed by atoms with Crippen LogP contribution in [0.3, 0.4) is 0 Å². The highest BCUT2D eigenvalue weighted by atomic mass is 79.9. The molecule has 0 N–H and O–H groups in total. The molecule has 3 heteroatoms. The van der Waals surface area contributed by atoms with Crippen LogP contribution in [-0.2, 0) is 6.42 Å². The molecule has 12 heavy (non-hydrogen) atoms. The van der Waals surface area contributed by atoms with E-state index in [1.807, 2.05) is 12.1 Å². The lowest BCUT2D eigenvalue weighted by atomic mass is 10.1. The van der Waals surface area contributed by atoms with E-state index in [1.54, 1.807) is 18.2 Å². The van der Waals surface area contributed by atoms with Gasteiger partial charge in [-0.05, 0) is 17.7 Å². The van der Waals surface area contributed by atoms with Gasteiger partial charge in [0.05, 0.1) is 0 Å². The molecule has 1 nitrogen and oxygen atoms in total. The van der Waals surface area contributed by atoms with Gasteiger partial charge in [0.25, 0.3) is 0 Å². The Labute approximate surface area is 79.0 Å². The van der Waals surface area contributed by atoms with Crippen LogP contribution in [-0.4, -0.2) is 6.17 Å². The third-order valence-corrected chi connectivity index (χ3v) is 2.00. The Balaban J connectivity index is 2.66. The number of nitrogens with zero attached hydrogens (tertiary/aromatic N) is 1. The van der Waals surface area contributed by atoms with Gasteiger partial charge < -0.3 is 0 Å². The maximum absolute atomic E-state index is 12.5. The van der Waals surface area contributed by atoms with Gasteiger partial charge in [-0.1, -0.05) is 28.1 Å². The Bertz CT molecular complexity index is 288. The second kappa shape index (κ2) is 4.22. The van der Waals surface area contributed by atoms with Crippen molar-refractivity contribution in [3.05, 3.63) is 34.3 Å². The molecule has 0 saturated carbocycles. The van der Waals surface area contributed by atoms with Crippen LogP contribution in [0, 0.1) is 11.3 Å². The first-order valence-electron chi connectivity index (χ1n) is 3.50. The molecule has 0 aliphatic rings. The summed E-state index contributed by atoms with van der Waals surface area (Å²) in [4.78, 5) is 0. The van der Waals surface area contributed by atoms with Crippen LogP contribution in [0.5, 0.6) is 0 Å². The van der Waals surface area contributed by atoms with Crippen molar-refractivity contribution >= 4 is 15.9 Å². The predicted molar refractivity (Wildman–Crippen MR) is 48.4 cm³/mol. The van der Waals surface area contributed by atoms with E-state index in [4.69, 9.17) is 5.26 Å². The molecule has 1 rings (SSSR count). The molecule has 0 saturated heterocycles. The van der Waals surface area contributed by atoms with E-state index in [0.29, 0.717) is 0 Å². The summed E-state index contributed by atoms with van der Waals surface area (Å²) in [6.45, 7) is 0. The number of rotatable bonds is 2. The van der Waals surface area contributed by atoms with Gasteiger partial charge in [-0.3, -0.25) is 0 Å². The van der Waals surface area contributed by atoms with Crippen molar-refractivity contribution in [1.82, 2.24) is 0 Å². The number of hydrogen-bond donors (Lipinski definition) is 0. The van der Waals surface area contributed by atoms with Crippen molar-refractivity contribution in [2.75, 3.05) is 0 Å². The molecule has 0 aliphatic carbocycles. The SMILES string of the molecule is N#CC(F)Cc1ccc(Br)cc1. The van der Waals surface area contributed by atoms with Gasteiger partial charge >= 0.3 is 0 Å². The first kappa shape index (κ1) is 9.21. The maximum Gasteiger partial charge on any atom is 0.190 e. The molecular formula is C9H7BrFN. The zero-order valence-electron chi connectivity index (χ0n) is 6.30. The van der Waals surface area contributed by atoms with E-state index < -0.39 is 6.17 Å². The average molecular weight is 228 g/mol. The summed E-state index contributed by atoms with van der Waals surface area (Å²) in [6, 6.07) is 8.81. The third kappa shape index (κ3) is 2.63. The van der Waals surface area contributed by atoms with Crippen LogP contribution < -0.4 is 0 Å². The van der Waals surface area contributed by atoms with E-state index in [1.165, 1.54) is 0 Å². The summed E-state index contributed by atoms with van der Waals surface area (Å²) < 4.78 is 13.5. The first-order valence-corrected chi connectivity index (χ1v) is 4.30. The van der Waals surface area contributed by atoms with Gasteiger partial charge in [0.1, 0.15) is 6.07 Å². The van der Waals surface area contributed by atoms with Crippen molar-refractivity contribution in [1.29, 1.82) is 5.26 Å². The molecule has 62 valence electrons. The fraction of sp³-hybridized carbons (Fsp3) is 0.222. The van der Waals surface area contributed by atoms with Crippen molar-refractivity contribution in [2.45, 2.75) is 12.6 Å². The van der Waals surface area contributed by atoms with Crippen molar-refractivity contribution in [3.8, 4) is 6.07 Å². The van der Waals surface area contributed by atoms with Gasteiger partial charge in [0.15, 0.2) is 6.17 Å². The van der Waals surface area contributed by atoms with Crippen LogP contribution in [0.2, 0.25) is 0 Å². The minimum atomic E-state index is -1.40. The second-order valence-electron chi connectivity index (χ2n) is 2.43. The summed E-state index contributed by atoms with van der Waals surface area (Å²) in [7, 11) is 0. The smallest absolute Gasteiger partial charge is 0.190 e. The molecule has 0 amide bonds. The molecule has 1 unspecified atom stereocenters. The zero-order chi connectivity index (χ0) is 8.97. The topological polar surface area (TPSA) is 23.8 Å². The van der Waals surface area contributed by atoms with Crippen LogP contribution in [0.1, 0.15) is 5.56 Å². The van der Waals surface area contributed by atoms with Gasteiger partial charge in [0, 0.05) is 10.9 Å². The lowest BCUT2D eigenvalue weighted by Gasteiger charge is -1.99. The van der Waals surface area contributed by atoms with E-state index in [9.17, 15) is 4.39 Å². The fourth-order valence-electron chi connectivity index (χ4n) is 0.873. The Morgan fingerprint density at radius 1 is 1.42 bits per heavy atom. The van der Waals surface area contributed by atoms with Crippen molar-refractivity contribution in [3.63, 3.8) is 0 Å². The average Bonchev–Trinajstić information content (AvgIpc) is 2.09. The molecule has 1 aromatic carbocycles. The largest absolute Gasteiger partial charge is 0.231 e. The van der Waals surface area contributed by atoms with E-state index in [2.05, 4.69) is 15.9 Å². The third-order valence-electron chi connectivity index (χ3n) is 1.47. The second-order valence-corrected chi connectivity index (χ2v) is 3.34. The lowest BCUT2D eigenvalue weighted by molar-refractivity contribution is 0.407. The van der Waals surface area contributed by atoms with Crippen molar-refractivity contribution < 1.29 is 4.39 Å². The summed E-state index contributed by atoms with van der Waals surface area (Å²) in [5, 5.41) is 8.22. The number of benzene rings is 1.